The van der Waals surface area contributed by atoms with Crippen molar-refractivity contribution in [1.82, 2.24) is 20.0 Å². The summed E-state index contributed by atoms with van der Waals surface area (Å²) < 4.78 is 15.9. The van der Waals surface area contributed by atoms with Gasteiger partial charge in [-0.25, -0.2) is 14.8 Å². The van der Waals surface area contributed by atoms with Crippen LogP contribution in [-0.2, 0) is 10.3 Å². The van der Waals surface area contributed by atoms with Crippen LogP contribution in [0.2, 0.25) is 0 Å². The van der Waals surface area contributed by atoms with Crippen LogP contribution in [0.15, 0.2) is 84.4 Å². The van der Waals surface area contributed by atoms with Crippen LogP contribution in [0, 0.1) is 0 Å². The highest BCUT2D eigenvalue weighted by molar-refractivity contribution is 5.93. The summed E-state index contributed by atoms with van der Waals surface area (Å²) in [4.78, 5) is 22.9. The lowest BCUT2D eigenvalue weighted by molar-refractivity contribution is 0.0377. The molecule has 6 rings (SSSR count). The first-order chi connectivity index (χ1) is 20.3. The highest BCUT2D eigenvalue weighted by Gasteiger charge is 2.41. The summed E-state index contributed by atoms with van der Waals surface area (Å²) in [6, 6.07) is 24.3. The molecule has 1 fully saturated rings. The lowest BCUT2D eigenvalue weighted by atomic mass is 9.71. The number of carbonyl (C=O) groups excluding carboxylic acids is 1. The van der Waals surface area contributed by atoms with Gasteiger partial charge in [0.15, 0.2) is 0 Å². The van der Waals surface area contributed by atoms with E-state index in [-0.39, 0.29) is 6.09 Å². The Hall–Kier alpha value is -4.74. The van der Waals surface area contributed by atoms with Crippen molar-refractivity contribution in [3.05, 3.63) is 90.0 Å². The number of hydrogen-bond acceptors (Lipinski definition) is 5. The van der Waals surface area contributed by atoms with Crippen LogP contribution in [0.5, 0.6) is 5.75 Å². The summed E-state index contributed by atoms with van der Waals surface area (Å²) >= 11 is 0. The first-order valence-electron chi connectivity index (χ1n) is 14.5. The SMILES string of the molecule is CC(C)(C)OC(=O)NC1(c2ccc(-c3nc4cccc(OCCC5=CC=[N+]=C5)c4nc3-c3ccccc3)cc2)CCC1. The number of aromatic nitrogens is 2. The lowest BCUT2D eigenvalue weighted by Gasteiger charge is -2.43. The number of rotatable bonds is 8. The summed E-state index contributed by atoms with van der Waals surface area (Å²) in [6.07, 6.45) is 8.84. The van der Waals surface area contributed by atoms with E-state index in [0.717, 1.165) is 70.4 Å². The molecular formula is C35H35N4O3+. The Bertz CT molecular complexity index is 1710. The maximum atomic E-state index is 12.6. The minimum absolute atomic E-state index is 0.387. The third-order valence-corrected chi connectivity index (χ3v) is 7.63. The molecular weight excluding hydrogens is 524 g/mol. The molecule has 1 N–H and O–H groups in total. The van der Waals surface area contributed by atoms with E-state index in [0.29, 0.717) is 12.4 Å². The maximum absolute atomic E-state index is 12.6. The van der Waals surface area contributed by atoms with Gasteiger partial charge in [0, 0.05) is 29.2 Å². The van der Waals surface area contributed by atoms with Crippen molar-refractivity contribution in [2.24, 2.45) is 0 Å². The average molecular weight is 560 g/mol. The van der Waals surface area contributed by atoms with Crippen LogP contribution in [0.4, 0.5) is 4.79 Å². The summed E-state index contributed by atoms with van der Waals surface area (Å²) in [5.41, 5.74) is 6.25. The second kappa shape index (κ2) is 11.3. The summed E-state index contributed by atoms with van der Waals surface area (Å²) in [5, 5.41) is 3.15. The average Bonchev–Trinajstić information content (AvgIpc) is 3.48. The number of fused-ring (bicyclic) bond motifs is 1. The number of carbonyl (C=O) groups is 1. The molecule has 2 aliphatic rings. The zero-order valence-electron chi connectivity index (χ0n) is 24.3. The third-order valence-electron chi connectivity index (χ3n) is 7.63. The van der Waals surface area contributed by atoms with Gasteiger partial charge in [0.2, 0.25) is 0 Å². The molecule has 0 saturated heterocycles. The highest BCUT2D eigenvalue weighted by atomic mass is 16.6. The van der Waals surface area contributed by atoms with Gasteiger partial charge in [0.1, 0.15) is 16.9 Å². The Morgan fingerprint density at radius 1 is 0.929 bits per heavy atom. The predicted octanol–water partition coefficient (Wildman–Crippen LogP) is 6.79. The van der Waals surface area contributed by atoms with Crippen LogP contribution in [0.3, 0.4) is 0 Å². The molecule has 0 spiro atoms. The Morgan fingerprint density at radius 3 is 2.33 bits per heavy atom. The van der Waals surface area contributed by atoms with Crippen molar-refractivity contribution in [2.75, 3.05) is 6.61 Å². The fourth-order valence-electron chi connectivity index (χ4n) is 5.38. The van der Waals surface area contributed by atoms with Crippen molar-refractivity contribution in [1.29, 1.82) is 0 Å². The van der Waals surface area contributed by atoms with Gasteiger partial charge in [-0.05, 0) is 57.7 Å². The molecule has 3 aromatic carbocycles. The van der Waals surface area contributed by atoms with E-state index in [4.69, 9.17) is 19.4 Å². The minimum Gasteiger partial charge on any atom is -0.491 e. The van der Waals surface area contributed by atoms with Gasteiger partial charge in [0.05, 0.1) is 29.1 Å². The first kappa shape index (κ1) is 27.4. The van der Waals surface area contributed by atoms with Gasteiger partial charge in [-0.2, -0.15) is 0 Å². The third kappa shape index (κ3) is 5.83. The molecule has 7 heteroatoms. The number of benzene rings is 3. The Balaban J connectivity index is 1.33. The van der Waals surface area contributed by atoms with E-state index in [1.165, 1.54) is 0 Å². The second-order valence-electron chi connectivity index (χ2n) is 11.8. The molecule has 7 nitrogen and oxygen atoms in total. The molecule has 1 aliphatic heterocycles. The first-order valence-corrected chi connectivity index (χ1v) is 14.5. The number of alkyl carbamates (subject to hydrolysis) is 1. The molecule has 212 valence electrons. The molecule has 2 heterocycles. The van der Waals surface area contributed by atoms with Crippen LogP contribution in [0.25, 0.3) is 33.5 Å². The number of amides is 1. The molecule has 0 radical (unpaired) electrons. The molecule has 0 bridgehead atoms. The number of para-hydroxylation sites is 1. The maximum Gasteiger partial charge on any atom is 0.408 e. The highest BCUT2D eigenvalue weighted by Crippen LogP contribution is 2.42. The fourth-order valence-corrected chi connectivity index (χ4v) is 5.38. The van der Waals surface area contributed by atoms with Crippen LogP contribution in [-0.4, -0.2) is 40.7 Å². The smallest absolute Gasteiger partial charge is 0.408 e. The number of hydrogen-bond donors (Lipinski definition) is 1. The van der Waals surface area contributed by atoms with E-state index >= 15 is 0 Å². The van der Waals surface area contributed by atoms with Crippen molar-refractivity contribution in [3.8, 4) is 28.3 Å². The van der Waals surface area contributed by atoms with Gasteiger partial charge in [-0.3, -0.25) is 0 Å². The van der Waals surface area contributed by atoms with Crippen molar-refractivity contribution < 1.29 is 14.3 Å². The lowest BCUT2D eigenvalue weighted by Crippen LogP contribution is -2.52. The molecule has 1 aliphatic carbocycles. The normalized spacial score (nSPS) is 15.3. The van der Waals surface area contributed by atoms with Crippen LogP contribution in [0.1, 0.15) is 52.0 Å². The topological polar surface area (TPSA) is 87.4 Å². The van der Waals surface area contributed by atoms with Crippen molar-refractivity contribution in [3.63, 3.8) is 0 Å². The van der Waals surface area contributed by atoms with E-state index in [9.17, 15) is 4.79 Å². The number of nitrogens with zero attached hydrogens (tertiary/aromatic N) is 3. The zero-order valence-corrected chi connectivity index (χ0v) is 24.3. The van der Waals surface area contributed by atoms with Crippen molar-refractivity contribution in [2.45, 2.75) is 57.6 Å². The van der Waals surface area contributed by atoms with Gasteiger partial charge in [-0.1, -0.05) is 60.7 Å². The quantitative estimate of drug-likeness (QED) is 0.240. The fraction of sp³-hybridized carbons (Fsp3) is 0.286. The van der Waals surface area contributed by atoms with Gasteiger partial charge < -0.3 is 14.8 Å². The largest absolute Gasteiger partial charge is 0.491 e. The van der Waals surface area contributed by atoms with E-state index in [1.54, 1.807) is 6.21 Å². The summed E-state index contributed by atoms with van der Waals surface area (Å²) in [6.45, 7) is 6.15. The standard InChI is InChI=1S/C35H34N4O3/c1-34(2,3)42-33(40)39-35(19-8-20-35)27-15-13-26(14-16-27)30-31(25-9-5-4-6-10-25)38-32-28(37-30)11-7-12-29(32)41-22-18-24-17-21-36-23-24/h4-7,9-17,21,23H,8,18-20,22H2,1-3H3/p+1. The van der Waals surface area contributed by atoms with Gasteiger partial charge in [0.25, 0.3) is 12.4 Å². The van der Waals surface area contributed by atoms with Crippen LogP contribution >= 0.6 is 0 Å². The molecule has 1 amide bonds. The van der Waals surface area contributed by atoms with Crippen molar-refractivity contribution >= 4 is 29.6 Å². The summed E-state index contributed by atoms with van der Waals surface area (Å²) in [7, 11) is 0. The molecule has 0 atom stereocenters. The Labute approximate surface area is 246 Å². The van der Waals surface area contributed by atoms with Gasteiger partial charge in [-0.15, -0.1) is 4.67 Å². The Kier molecular flexibility index (Phi) is 7.36. The minimum atomic E-state index is -0.548. The molecule has 1 aromatic heterocycles. The zero-order chi connectivity index (χ0) is 29.2. The molecule has 0 unspecified atom stereocenters. The van der Waals surface area contributed by atoms with Crippen LogP contribution < -0.4 is 14.7 Å². The van der Waals surface area contributed by atoms with Gasteiger partial charge >= 0.3 is 6.09 Å². The predicted molar refractivity (Wildman–Crippen MR) is 168 cm³/mol. The Morgan fingerprint density at radius 2 is 1.67 bits per heavy atom. The van der Waals surface area contributed by atoms with E-state index in [2.05, 4.69) is 34.3 Å². The second-order valence-corrected chi connectivity index (χ2v) is 11.8. The monoisotopic (exact) mass is 559 g/mol. The van der Waals surface area contributed by atoms with E-state index in [1.807, 2.05) is 81.6 Å². The molecule has 42 heavy (non-hydrogen) atoms. The number of nitrogens with one attached hydrogen (secondary N) is 1. The number of allylic oxidation sites excluding steroid dienone is 1. The molecule has 4 aromatic rings. The summed E-state index contributed by atoms with van der Waals surface area (Å²) in [5.74, 6) is 0.707. The van der Waals surface area contributed by atoms with E-state index < -0.39 is 11.1 Å². The molecule has 1 saturated carbocycles. The number of ether oxygens (including phenoxy) is 2.